The summed E-state index contributed by atoms with van der Waals surface area (Å²) in [5.41, 5.74) is 1.70. The maximum atomic E-state index is 12.2. The molecule has 0 fully saturated rings. The molecule has 0 spiro atoms. The van der Waals surface area contributed by atoms with E-state index in [1.54, 1.807) is 0 Å². The van der Waals surface area contributed by atoms with Gasteiger partial charge in [0.05, 0.1) is 0 Å². The first-order valence-electron chi connectivity index (χ1n) is 7.41. The Morgan fingerprint density at radius 2 is 1.95 bits per heavy atom. The van der Waals surface area contributed by atoms with Crippen LogP contribution in [0.5, 0.6) is 0 Å². The van der Waals surface area contributed by atoms with Crippen molar-refractivity contribution in [2.75, 3.05) is 6.54 Å². The summed E-state index contributed by atoms with van der Waals surface area (Å²) in [5.74, 6) is 0.304. The lowest BCUT2D eigenvalue weighted by atomic mass is 10.1. The Morgan fingerprint density at radius 1 is 1.14 bits per heavy atom. The van der Waals surface area contributed by atoms with E-state index in [1.165, 1.54) is 0 Å². The number of rotatable bonds is 4. The van der Waals surface area contributed by atoms with Crippen LogP contribution < -0.4 is 5.32 Å². The quantitative estimate of drug-likeness (QED) is 0.719. The largest absolute Gasteiger partial charge is 0.450 e. The van der Waals surface area contributed by atoms with E-state index in [0.29, 0.717) is 12.3 Å². The Labute approximate surface area is 123 Å². The predicted molar refractivity (Wildman–Crippen MR) is 85.7 cm³/mol. The molecule has 108 valence electrons. The minimum atomic E-state index is -0.124. The molecule has 0 aliphatic heterocycles. The standard InChI is InChI=1S/C18H19NO2/c1-3-4-11-19-18(20)16-12(2)14-10-9-13-7-5-6-8-15(13)17(14)21-16/h5-10H,3-4,11H2,1-2H3,(H,19,20). The van der Waals surface area contributed by atoms with Gasteiger partial charge in [-0.2, -0.15) is 0 Å². The van der Waals surface area contributed by atoms with Gasteiger partial charge in [-0.05, 0) is 18.7 Å². The fourth-order valence-electron chi connectivity index (χ4n) is 2.62. The molecule has 3 heteroatoms. The molecule has 3 aromatic rings. The number of benzene rings is 2. The summed E-state index contributed by atoms with van der Waals surface area (Å²) in [6.07, 6.45) is 2.04. The monoisotopic (exact) mass is 281 g/mol. The summed E-state index contributed by atoms with van der Waals surface area (Å²) in [6.45, 7) is 4.73. The van der Waals surface area contributed by atoms with Crippen molar-refractivity contribution in [3.05, 3.63) is 47.7 Å². The van der Waals surface area contributed by atoms with Gasteiger partial charge in [0.15, 0.2) is 5.76 Å². The van der Waals surface area contributed by atoms with Crippen LogP contribution in [0.1, 0.15) is 35.9 Å². The Kier molecular flexibility index (Phi) is 3.65. The Balaban J connectivity index is 2.06. The van der Waals surface area contributed by atoms with Gasteiger partial charge >= 0.3 is 0 Å². The highest BCUT2D eigenvalue weighted by Gasteiger charge is 2.18. The fourth-order valence-corrected chi connectivity index (χ4v) is 2.62. The molecule has 0 radical (unpaired) electrons. The smallest absolute Gasteiger partial charge is 0.287 e. The van der Waals surface area contributed by atoms with E-state index in [0.717, 1.165) is 40.1 Å². The molecule has 3 nitrogen and oxygen atoms in total. The molecule has 0 aliphatic carbocycles. The number of nitrogens with one attached hydrogen (secondary N) is 1. The van der Waals surface area contributed by atoms with E-state index in [9.17, 15) is 4.79 Å². The zero-order valence-electron chi connectivity index (χ0n) is 12.4. The van der Waals surface area contributed by atoms with Gasteiger partial charge in [0.2, 0.25) is 0 Å². The Bertz CT molecular complexity index is 801. The summed E-state index contributed by atoms with van der Waals surface area (Å²) in [6, 6.07) is 12.2. The molecule has 0 saturated carbocycles. The number of carbonyl (C=O) groups is 1. The van der Waals surface area contributed by atoms with Gasteiger partial charge in [0.1, 0.15) is 5.58 Å². The summed E-state index contributed by atoms with van der Waals surface area (Å²) in [5, 5.41) is 6.09. The molecule has 2 aromatic carbocycles. The van der Waals surface area contributed by atoms with E-state index in [4.69, 9.17) is 4.42 Å². The van der Waals surface area contributed by atoms with Crippen molar-refractivity contribution in [2.24, 2.45) is 0 Å². The highest BCUT2D eigenvalue weighted by molar-refractivity contribution is 6.08. The highest BCUT2D eigenvalue weighted by atomic mass is 16.3. The van der Waals surface area contributed by atoms with E-state index in [1.807, 2.05) is 37.3 Å². The van der Waals surface area contributed by atoms with E-state index < -0.39 is 0 Å². The topological polar surface area (TPSA) is 42.2 Å². The van der Waals surface area contributed by atoms with E-state index in [-0.39, 0.29) is 5.91 Å². The molecule has 0 aliphatic rings. The van der Waals surface area contributed by atoms with Gasteiger partial charge in [-0.1, -0.05) is 49.7 Å². The van der Waals surface area contributed by atoms with Crippen molar-refractivity contribution in [3.8, 4) is 0 Å². The summed E-state index contributed by atoms with van der Waals surface area (Å²) in [4.78, 5) is 12.2. The third-order valence-electron chi connectivity index (χ3n) is 3.85. The van der Waals surface area contributed by atoms with Crippen LogP contribution in [0.4, 0.5) is 0 Å². The molecule has 0 unspecified atom stereocenters. The second-order valence-corrected chi connectivity index (χ2v) is 5.33. The van der Waals surface area contributed by atoms with Gasteiger partial charge in [0.25, 0.3) is 5.91 Å². The van der Waals surface area contributed by atoms with Crippen LogP contribution >= 0.6 is 0 Å². The van der Waals surface area contributed by atoms with Gasteiger partial charge in [-0.15, -0.1) is 0 Å². The third-order valence-corrected chi connectivity index (χ3v) is 3.85. The Morgan fingerprint density at radius 3 is 2.76 bits per heavy atom. The summed E-state index contributed by atoms with van der Waals surface area (Å²) in [7, 11) is 0. The summed E-state index contributed by atoms with van der Waals surface area (Å²) < 4.78 is 5.89. The van der Waals surface area contributed by atoms with E-state index >= 15 is 0 Å². The van der Waals surface area contributed by atoms with E-state index in [2.05, 4.69) is 18.3 Å². The fraction of sp³-hybridized carbons (Fsp3) is 0.278. The maximum absolute atomic E-state index is 12.2. The number of fused-ring (bicyclic) bond motifs is 3. The number of hydrogen-bond acceptors (Lipinski definition) is 2. The number of carbonyl (C=O) groups excluding carboxylic acids is 1. The van der Waals surface area contributed by atoms with Crippen LogP contribution in [-0.4, -0.2) is 12.5 Å². The van der Waals surface area contributed by atoms with Gasteiger partial charge in [0, 0.05) is 22.9 Å². The lowest BCUT2D eigenvalue weighted by Crippen LogP contribution is -2.24. The first-order chi connectivity index (χ1) is 10.2. The molecule has 1 heterocycles. The summed E-state index contributed by atoms with van der Waals surface area (Å²) >= 11 is 0. The molecule has 1 N–H and O–H groups in total. The minimum Gasteiger partial charge on any atom is -0.450 e. The van der Waals surface area contributed by atoms with Crippen LogP contribution in [-0.2, 0) is 0 Å². The SMILES string of the molecule is CCCCNC(=O)c1oc2c(ccc3ccccc32)c1C. The molecule has 0 bridgehead atoms. The second kappa shape index (κ2) is 5.60. The zero-order chi connectivity index (χ0) is 14.8. The number of unbranched alkanes of at least 4 members (excludes halogenated alkanes) is 1. The number of furan rings is 1. The normalized spacial score (nSPS) is 11.1. The maximum Gasteiger partial charge on any atom is 0.287 e. The molecule has 3 rings (SSSR count). The predicted octanol–water partition coefficient (Wildman–Crippen LogP) is 4.42. The van der Waals surface area contributed by atoms with Gasteiger partial charge in [-0.25, -0.2) is 0 Å². The van der Waals surface area contributed by atoms with Crippen molar-refractivity contribution in [1.29, 1.82) is 0 Å². The first-order valence-corrected chi connectivity index (χ1v) is 7.41. The lowest BCUT2D eigenvalue weighted by Gasteiger charge is -2.01. The third kappa shape index (κ3) is 2.40. The minimum absolute atomic E-state index is 0.124. The average molecular weight is 281 g/mol. The van der Waals surface area contributed by atoms with Crippen molar-refractivity contribution in [2.45, 2.75) is 26.7 Å². The van der Waals surface area contributed by atoms with Crippen molar-refractivity contribution in [1.82, 2.24) is 5.32 Å². The van der Waals surface area contributed by atoms with Crippen molar-refractivity contribution in [3.63, 3.8) is 0 Å². The second-order valence-electron chi connectivity index (χ2n) is 5.33. The Hall–Kier alpha value is -2.29. The van der Waals surface area contributed by atoms with Crippen LogP contribution in [0.2, 0.25) is 0 Å². The molecule has 1 aromatic heterocycles. The van der Waals surface area contributed by atoms with Crippen LogP contribution in [0.15, 0.2) is 40.8 Å². The number of aryl methyl sites for hydroxylation is 1. The van der Waals surface area contributed by atoms with Crippen molar-refractivity contribution >= 4 is 27.6 Å². The van der Waals surface area contributed by atoms with Crippen LogP contribution in [0.25, 0.3) is 21.7 Å². The van der Waals surface area contributed by atoms with Gasteiger partial charge < -0.3 is 9.73 Å². The highest BCUT2D eigenvalue weighted by Crippen LogP contribution is 2.31. The van der Waals surface area contributed by atoms with Crippen LogP contribution in [0.3, 0.4) is 0 Å². The molecule has 1 amide bonds. The lowest BCUT2D eigenvalue weighted by molar-refractivity contribution is 0.0927. The average Bonchev–Trinajstić information content (AvgIpc) is 2.85. The first kappa shape index (κ1) is 13.7. The van der Waals surface area contributed by atoms with Crippen LogP contribution in [0, 0.1) is 6.92 Å². The molecular weight excluding hydrogens is 262 g/mol. The zero-order valence-corrected chi connectivity index (χ0v) is 12.4. The molecule has 21 heavy (non-hydrogen) atoms. The number of hydrogen-bond donors (Lipinski definition) is 1. The molecule has 0 atom stereocenters. The molecule has 0 saturated heterocycles. The molecular formula is C18H19NO2. The number of amides is 1. The van der Waals surface area contributed by atoms with Crippen molar-refractivity contribution < 1.29 is 9.21 Å². The van der Waals surface area contributed by atoms with Gasteiger partial charge in [-0.3, -0.25) is 4.79 Å².